The zero-order chi connectivity index (χ0) is 13.4. The highest BCUT2D eigenvalue weighted by molar-refractivity contribution is 8.15. The smallest absolute Gasteiger partial charge is 0.257 e. The molecule has 1 aromatic rings. The number of thioether (sulfide) groups is 1. The van der Waals surface area contributed by atoms with Gasteiger partial charge in [0.2, 0.25) is 0 Å². The summed E-state index contributed by atoms with van der Waals surface area (Å²) >= 11 is 1.19. The van der Waals surface area contributed by atoms with Gasteiger partial charge >= 0.3 is 0 Å². The second-order valence-electron chi connectivity index (χ2n) is 3.96. The van der Waals surface area contributed by atoms with E-state index >= 15 is 0 Å². The molecule has 2 aliphatic heterocycles. The van der Waals surface area contributed by atoms with E-state index in [0.717, 1.165) is 0 Å². The Balaban J connectivity index is 2.21. The first-order valence-electron chi connectivity index (χ1n) is 5.50. The van der Waals surface area contributed by atoms with Crippen LogP contribution in [0.1, 0.15) is 5.56 Å². The van der Waals surface area contributed by atoms with Crippen LogP contribution >= 0.6 is 11.8 Å². The van der Waals surface area contributed by atoms with Gasteiger partial charge in [-0.2, -0.15) is 5.26 Å². The van der Waals surface area contributed by atoms with Crippen molar-refractivity contribution in [3.8, 4) is 6.07 Å². The van der Waals surface area contributed by atoms with Gasteiger partial charge in [0.05, 0.1) is 16.9 Å². The quantitative estimate of drug-likeness (QED) is 0.620. The molecule has 0 spiro atoms. The topological polar surface area (TPSA) is 82.3 Å². The summed E-state index contributed by atoms with van der Waals surface area (Å²) in [6.45, 7) is 0. The maximum Gasteiger partial charge on any atom is 0.257 e. The maximum absolute atomic E-state index is 12.0. The third-order valence-corrected chi connectivity index (χ3v) is 3.77. The summed E-state index contributed by atoms with van der Waals surface area (Å²) in [6, 6.07) is 9.13. The Bertz CT molecular complexity index is 713. The molecule has 2 aliphatic rings. The van der Waals surface area contributed by atoms with E-state index in [9.17, 15) is 14.9 Å². The molecule has 0 bridgehead atoms. The number of aliphatic imine (C=N–C) groups is 1. The lowest BCUT2D eigenvalue weighted by Gasteiger charge is -2.01. The van der Waals surface area contributed by atoms with Crippen LogP contribution in [0.15, 0.2) is 34.8 Å². The van der Waals surface area contributed by atoms with Crippen molar-refractivity contribution < 1.29 is 9.59 Å². The van der Waals surface area contributed by atoms with Gasteiger partial charge in [0.15, 0.2) is 0 Å². The summed E-state index contributed by atoms with van der Waals surface area (Å²) in [4.78, 5) is 27.0. The number of anilines is 1. The number of hydrogen-bond donors (Lipinski definition) is 1. The molecule has 2 heterocycles. The number of para-hydroxylation sites is 1. The van der Waals surface area contributed by atoms with Gasteiger partial charge in [-0.3, -0.25) is 9.59 Å². The number of benzene rings is 1. The van der Waals surface area contributed by atoms with Crippen molar-refractivity contribution in [2.24, 2.45) is 4.99 Å². The highest BCUT2D eigenvalue weighted by Gasteiger charge is 2.31. The third-order valence-electron chi connectivity index (χ3n) is 2.81. The lowest BCUT2D eigenvalue weighted by Crippen LogP contribution is -2.08. The average Bonchev–Trinajstić information content (AvgIpc) is 2.96. The van der Waals surface area contributed by atoms with Crippen molar-refractivity contribution in [3.05, 3.63) is 35.4 Å². The van der Waals surface area contributed by atoms with E-state index in [4.69, 9.17) is 0 Å². The van der Waals surface area contributed by atoms with E-state index in [-0.39, 0.29) is 23.1 Å². The molecule has 0 radical (unpaired) electrons. The van der Waals surface area contributed by atoms with Crippen LogP contribution in [0, 0.1) is 11.3 Å². The Morgan fingerprint density at radius 2 is 2.16 bits per heavy atom. The highest BCUT2D eigenvalue weighted by atomic mass is 32.2. The van der Waals surface area contributed by atoms with E-state index in [1.165, 1.54) is 11.8 Å². The highest BCUT2D eigenvalue weighted by Crippen LogP contribution is 2.35. The number of rotatable bonds is 1. The predicted octanol–water partition coefficient (Wildman–Crippen LogP) is 1.59. The summed E-state index contributed by atoms with van der Waals surface area (Å²) in [5.41, 5.74) is 1.80. The molecule has 1 N–H and O–H groups in total. The fraction of sp³-hybridized carbons (Fsp3) is 0.0769. The van der Waals surface area contributed by atoms with E-state index in [0.29, 0.717) is 21.9 Å². The van der Waals surface area contributed by atoms with E-state index < -0.39 is 0 Å². The van der Waals surface area contributed by atoms with Gasteiger partial charge in [0.25, 0.3) is 11.8 Å². The van der Waals surface area contributed by atoms with Crippen LogP contribution in [0.4, 0.5) is 5.69 Å². The lowest BCUT2D eigenvalue weighted by molar-refractivity contribution is -0.115. The van der Waals surface area contributed by atoms with Gasteiger partial charge in [0.1, 0.15) is 11.1 Å². The molecule has 0 saturated heterocycles. The predicted molar refractivity (Wildman–Crippen MR) is 72.5 cm³/mol. The summed E-state index contributed by atoms with van der Waals surface area (Å²) in [5.74, 6) is -0.391. The minimum atomic E-state index is -0.333. The Morgan fingerprint density at radius 1 is 1.37 bits per heavy atom. The molecule has 92 valence electrons. The third kappa shape index (κ3) is 1.84. The minimum Gasteiger partial charge on any atom is -0.321 e. The fourth-order valence-electron chi connectivity index (χ4n) is 2.01. The van der Waals surface area contributed by atoms with E-state index in [1.54, 1.807) is 24.3 Å². The Kier molecular flexibility index (Phi) is 2.69. The number of nitrogens with zero attached hydrogens (tertiary/aromatic N) is 2. The van der Waals surface area contributed by atoms with Gasteiger partial charge in [-0.15, -0.1) is 0 Å². The number of amides is 2. The number of nitriles is 1. The molecule has 0 atom stereocenters. The number of carbonyl (C=O) groups excluding carboxylic acids is 2. The second-order valence-corrected chi connectivity index (χ2v) is 4.92. The average molecular weight is 269 g/mol. The van der Waals surface area contributed by atoms with Gasteiger partial charge in [-0.05, 0) is 6.07 Å². The lowest BCUT2D eigenvalue weighted by atomic mass is 10.0. The van der Waals surface area contributed by atoms with Crippen LogP contribution in [-0.2, 0) is 9.59 Å². The number of carbonyl (C=O) groups is 2. The molecule has 1 aromatic carbocycles. The summed E-state index contributed by atoms with van der Waals surface area (Å²) < 4.78 is 0. The molecule has 19 heavy (non-hydrogen) atoms. The molecule has 6 heteroatoms. The number of hydrogen-bond acceptors (Lipinski definition) is 4. The van der Waals surface area contributed by atoms with Crippen molar-refractivity contribution in [2.75, 3.05) is 11.1 Å². The van der Waals surface area contributed by atoms with Crippen LogP contribution in [0.25, 0.3) is 5.57 Å². The molecule has 5 nitrogen and oxygen atoms in total. The number of fused-ring (bicyclic) bond motifs is 1. The van der Waals surface area contributed by atoms with E-state index in [2.05, 4.69) is 10.3 Å². The van der Waals surface area contributed by atoms with Crippen LogP contribution in [0.3, 0.4) is 0 Å². The summed E-state index contributed by atoms with van der Waals surface area (Å²) in [7, 11) is 0. The first-order valence-corrected chi connectivity index (χ1v) is 6.49. The van der Waals surface area contributed by atoms with Crippen molar-refractivity contribution >= 4 is 39.9 Å². The van der Waals surface area contributed by atoms with Gasteiger partial charge < -0.3 is 5.32 Å². The van der Waals surface area contributed by atoms with Crippen molar-refractivity contribution in [2.45, 2.75) is 0 Å². The molecule has 2 amide bonds. The van der Waals surface area contributed by atoms with Crippen LogP contribution in [0.5, 0.6) is 0 Å². The molecule has 0 aromatic heterocycles. The first-order chi connectivity index (χ1) is 9.20. The van der Waals surface area contributed by atoms with Gasteiger partial charge in [-0.1, -0.05) is 30.0 Å². The van der Waals surface area contributed by atoms with Crippen LogP contribution in [-0.4, -0.2) is 22.6 Å². The van der Waals surface area contributed by atoms with Crippen LogP contribution < -0.4 is 5.32 Å². The Morgan fingerprint density at radius 3 is 2.84 bits per heavy atom. The first kappa shape index (κ1) is 11.7. The molecular weight excluding hydrogens is 262 g/mol. The fourth-order valence-corrected chi connectivity index (χ4v) is 2.80. The SMILES string of the molecule is N#CC(C1=NC(=O)CS1)=C1C(=O)Nc2ccccc21. The van der Waals surface area contributed by atoms with Gasteiger partial charge in [0, 0.05) is 11.3 Å². The van der Waals surface area contributed by atoms with Crippen molar-refractivity contribution in [3.63, 3.8) is 0 Å². The van der Waals surface area contributed by atoms with Crippen molar-refractivity contribution in [1.29, 1.82) is 5.26 Å². The molecule has 0 saturated carbocycles. The number of nitrogens with one attached hydrogen (secondary N) is 1. The normalized spacial score (nSPS) is 19.6. The largest absolute Gasteiger partial charge is 0.321 e. The Hall–Kier alpha value is -2.39. The Labute approximate surface area is 113 Å². The monoisotopic (exact) mass is 269 g/mol. The molecule has 0 unspecified atom stereocenters. The molecule has 0 fully saturated rings. The summed E-state index contributed by atoms with van der Waals surface area (Å²) in [5, 5.41) is 12.3. The zero-order valence-corrected chi connectivity index (χ0v) is 10.5. The van der Waals surface area contributed by atoms with Gasteiger partial charge in [-0.25, -0.2) is 4.99 Å². The molecule has 3 rings (SSSR count). The second kappa shape index (κ2) is 4.37. The van der Waals surface area contributed by atoms with Crippen LogP contribution in [0.2, 0.25) is 0 Å². The summed E-state index contributed by atoms with van der Waals surface area (Å²) in [6.07, 6.45) is 0. The minimum absolute atomic E-state index is 0.165. The maximum atomic E-state index is 12.0. The zero-order valence-electron chi connectivity index (χ0n) is 9.64. The molecular formula is C13H7N3O2S. The van der Waals surface area contributed by atoms with Crippen molar-refractivity contribution in [1.82, 2.24) is 0 Å². The van der Waals surface area contributed by atoms with E-state index in [1.807, 2.05) is 6.07 Å². The molecule has 0 aliphatic carbocycles. The standard InChI is InChI=1S/C13H7N3O2S/c14-5-8(13-16-10(17)6-19-13)11-7-3-1-2-4-9(7)15-12(11)18/h1-4H,6H2,(H,15,18).